The molecule has 1 unspecified atom stereocenters. The normalized spacial score (nSPS) is 21.0. The SMILES string of the molecule is O=C(c1ccccc1)N1CCCCC1c1ccc(N2CCCCCC2)nc1. The Morgan fingerprint density at radius 3 is 2.30 bits per heavy atom. The summed E-state index contributed by atoms with van der Waals surface area (Å²) in [6.45, 7) is 3.04. The van der Waals surface area contributed by atoms with E-state index in [0.29, 0.717) is 0 Å². The molecule has 4 heteroatoms. The van der Waals surface area contributed by atoms with Crippen molar-refractivity contribution in [1.29, 1.82) is 0 Å². The molecule has 1 aromatic carbocycles. The van der Waals surface area contributed by atoms with E-state index in [1.807, 2.05) is 41.4 Å². The molecule has 2 fully saturated rings. The molecular formula is C23H29N3O. The minimum atomic E-state index is 0.136. The number of likely N-dealkylation sites (tertiary alicyclic amines) is 1. The van der Waals surface area contributed by atoms with Crippen molar-refractivity contribution in [3.63, 3.8) is 0 Å². The lowest BCUT2D eigenvalue weighted by molar-refractivity contribution is 0.0611. The Kier molecular flexibility index (Phi) is 5.71. The predicted molar refractivity (Wildman–Crippen MR) is 109 cm³/mol. The lowest BCUT2D eigenvalue weighted by atomic mass is 9.95. The number of pyridine rings is 1. The van der Waals surface area contributed by atoms with E-state index in [1.165, 1.54) is 25.7 Å². The fraction of sp³-hybridized carbons (Fsp3) is 0.478. The summed E-state index contributed by atoms with van der Waals surface area (Å²) in [4.78, 5) is 22.3. The predicted octanol–water partition coefficient (Wildman–Crippen LogP) is 4.83. The summed E-state index contributed by atoms with van der Waals surface area (Å²) in [5, 5.41) is 0. The van der Waals surface area contributed by atoms with Gasteiger partial charge in [0.25, 0.3) is 5.91 Å². The van der Waals surface area contributed by atoms with Gasteiger partial charge in [-0.3, -0.25) is 4.79 Å². The molecule has 1 amide bonds. The summed E-state index contributed by atoms with van der Waals surface area (Å²) < 4.78 is 0. The van der Waals surface area contributed by atoms with Crippen molar-refractivity contribution in [2.75, 3.05) is 24.5 Å². The van der Waals surface area contributed by atoms with Crippen LogP contribution in [0.15, 0.2) is 48.7 Å². The molecule has 2 aromatic rings. The van der Waals surface area contributed by atoms with E-state index in [4.69, 9.17) is 4.98 Å². The van der Waals surface area contributed by atoms with Crippen molar-refractivity contribution >= 4 is 11.7 Å². The van der Waals surface area contributed by atoms with Gasteiger partial charge in [-0.1, -0.05) is 37.1 Å². The Morgan fingerprint density at radius 1 is 0.852 bits per heavy atom. The second-order valence-electron chi connectivity index (χ2n) is 7.73. The van der Waals surface area contributed by atoms with E-state index in [9.17, 15) is 4.79 Å². The Morgan fingerprint density at radius 2 is 1.59 bits per heavy atom. The van der Waals surface area contributed by atoms with E-state index in [1.54, 1.807) is 0 Å². The van der Waals surface area contributed by atoms with Gasteiger partial charge in [0.1, 0.15) is 5.82 Å². The van der Waals surface area contributed by atoms with Gasteiger partial charge in [0.05, 0.1) is 6.04 Å². The van der Waals surface area contributed by atoms with Crippen molar-refractivity contribution in [1.82, 2.24) is 9.88 Å². The number of anilines is 1. The molecule has 4 rings (SSSR count). The highest BCUT2D eigenvalue weighted by Gasteiger charge is 2.29. The largest absolute Gasteiger partial charge is 0.357 e. The lowest BCUT2D eigenvalue weighted by Crippen LogP contribution is -2.38. The highest BCUT2D eigenvalue weighted by molar-refractivity contribution is 5.94. The van der Waals surface area contributed by atoms with E-state index >= 15 is 0 Å². The molecule has 2 saturated heterocycles. The highest BCUT2D eigenvalue weighted by atomic mass is 16.2. The molecule has 142 valence electrons. The van der Waals surface area contributed by atoms with Crippen LogP contribution < -0.4 is 4.90 Å². The first-order valence-corrected chi connectivity index (χ1v) is 10.4. The number of amides is 1. The van der Waals surface area contributed by atoms with E-state index in [-0.39, 0.29) is 11.9 Å². The van der Waals surface area contributed by atoms with Crippen LogP contribution >= 0.6 is 0 Å². The number of hydrogen-bond acceptors (Lipinski definition) is 3. The van der Waals surface area contributed by atoms with Gasteiger partial charge in [0, 0.05) is 31.4 Å². The Labute approximate surface area is 162 Å². The standard InChI is InChI=1S/C23H29N3O/c27-23(19-10-4-3-5-11-19)26-17-9-6-12-21(26)20-13-14-22(24-18-20)25-15-7-1-2-8-16-25/h3-5,10-11,13-14,18,21H,1-2,6-9,12,15-17H2. The highest BCUT2D eigenvalue weighted by Crippen LogP contribution is 2.32. The molecule has 27 heavy (non-hydrogen) atoms. The number of nitrogens with zero attached hydrogens (tertiary/aromatic N) is 3. The van der Waals surface area contributed by atoms with Gasteiger partial charge in [-0.15, -0.1) is 0 Å². The third-order valence-corrected chi connectivity index (χ3v) is 5.87. The molecule has 1 atom stereocenters. The topological polar surface area (TPSA) is 36.4 Å². The number of rotatable bonds is 3. The second-order valence-corrected chi connectivity index (χ2v) is 7.73. The maximum Gasteiger partial charge on any atom is 0.254 e. The third-order valence-electron chi connectivity index (χ3n) is 5.87. The van der Waals surface area contributed by atoms with E-state index < -0.39 is 0 Å². The Bertz CT molecular complexity index is 736. The summed E-state index contributed by atoms with van der Waals surface area (Å²) in [6.07, 6.45) is 10.4. The first-order valence-electron chi connectivity index (χ1n) is 10.4. The minimum Gasteiger partial charge on any atom is -0.357 e. The molecule has 4 nitrogen and oxygen atoms in total. The summed E-state index contributed by atoms with van der Waals surface area (Å²) in [7, 11) is 0. The maximum absolute atomic E-state index is 13.0. The molecule has 2 aliphatic rings. The molecule has 3 heterocycles. The van der Waals surface area contributed by atoms with Crippen LogP contribution in [-0.4, -0.2) is 35.4 Å². The molecule has 0 radical (unpaired) electrons. The lowest BCUT2D eigenvalue weighted by Gasteiger charge is -2.36. The molecular weight excluding hydrogens is 334 g/mol. The number of hydrogen-bond donors (Lipinski definition) is 0. The fourth-order valence-corrected chi connectivity index (χ4v) is 4.35. The van der Waals surface area contributed by atoms with Crippen LogP contribution in [-0.2, 0) is 0 Å². The van der Waals surface area contributed by atoms with Crippen molar-refractivity contribution in [3.05, 3.63) is 59.8 Å². The summed E-state index contributed by atoms with van der Waals surface area (Å²) in [6, 6.07) is 14.1. The molecule has 0 saturated carbocycles. The number of carbonyl (C=O) groups excluding carboxylic acids is 1. The first-order chi connectivity index (χ1) is 13.3. The number of benzene rings is 1. The zero-order valence-electron chi connectivity index (χ0n) is 16.0. The summed E-state index contributed by atoms with van der Waals surface area (Å²) >= 11 is 0. The van der Waals surface area contributed by atoms with Crippen LogP contribution in [0.25, 0.3) is 0 Å². The van der Waals surface area contributed by atoms with Crippen LogP contribution in [0.2, 0.25) is 0 Å². The molecule has 0 bridgehead atoms. The quantitative estimate of drug-likeness (QED) is 0.784. The zero-order chi connectivity index (χ0) is 18.5. The molecule has 0 N–H and O–H groups in total. The van der Waals surface area contributed by atoms with E-state index in [2.05, 4.69) is 17.0 Å². The molecule has 0 aliphatic carbocycles. The van der Waals surface area contributed by atoms with E-state index in [0.717, 1.165) is 55.8 Å². The second kappa shape index (κ2) is 8.55. The zero-order valence-corrected chi connectivity index (χ0v) is 16.0. The Hall–Kier alpha value is -2.36. The van der Waals surface area contributed by atoms with Gasteiger partial charge in [0.15, 0.2) is 0 Å². The molecule has 2 aliphatic heterocycles. The molecule has 1 aromatic heterocycles. The maximum atomic E-state index is 13.0. The first kappa shape index (κ1) is 18.0. The van der Waals surface area contributed by atoms with Crippen molar-refractivity contribution < 1.29 is 4.79 Å². The third kappa shape index (κ3) is 4.15. The van der Waals surface area contributed by atoms with Crippen LogP contribution in [0.1, 0.15) is 66.9 Å². The summed E-state index contributed by atoms with van der Waals surface area (Å²) in [5.41, 5.74) is 1.94. The number of carbonyl (C=O) groups is 1. The minimum absolute atomic E-state index is 0.136. The van der Waals surface area contributed by atoms with Gasteiger partial charge < -0.3 is 9.80 Å². The number of aromatic nitrogens is 1. The van der Waals surface area contributed by atoms with Gasteiger partial charge in [-0.25, -0.2) is 4.98 Å². The van der Waals surface area contributed by atoms with Crippen LogP contribution in [0.5, 0.6) is 0 Å². The number of piperidine rings is 1. The monoisotopic (exact) mass is 363 g/mol. The molecule has 0 spiro atoms. The van der Waals surface area contributed by atoms with Crippen molar-refractivity contribution in [2.24, 2.45) is 0 Å². The summed E-state index contributed by atoms with van der Waals surface area (Å²) in [5.74, 6) is 1.22. The average Bonchev–Trinajstić information content (AvgIpc) is 3.04. The van der Waals surface area contributed by atoms with Gasteiger partial charge in [0.2, 0.25) is 0 Å². The van der Waals surface area contributed by atoms with Crippen LogP contribution in [0.4, 0.5) is 5.82 Å². The van der Waals surface area contributed by atoms with Crippen LogP contribution in [0, 0.1) is 0 Å². The van der Waals surface area contributed by atoms with Crippen molar-refractivity contribution in [2.45, 2.75) is 51.0 Å². The Balaban J connectivity index is 1.52. The van der Waals surface area contributed by atoms with Gasteiger partial charge in [-0.2, -0.15) is 0 Å². The van der Waals surface area contributed by atoms with Crippen molar-refractivity contribution in [3.8, 4) is 0 Å². The average molecular weight is 364 g/mol. The van der Waals surface area contributed by atoms with Crippen LogP contribution in [0.3, 0.4) is 0 Å². The van der Waals surface area contributed by atoms with Gasteiger partial charge in [-0.05, 0) is 55.9 Å². The van der Waals surface area contributed by atoms with Gasteiger partial charge >= 0.3 is 0 Å². The smallest absolute Gasteiger partial charge is 0.254 e. The fourth-order valence-electron chi connectivity index (χ4n) is 4.35.